The van der Waals surface area contributed by atoms with Crippen LogP contribution in [-0.2, 0) is 16.1 Å². The molecule has 0 spiro atoms. The van der Waals surface area contributed by atoms with E-state index in [1.807, 2.05) is 18.2 Å². The van der Waals surface area contributed by atoms with Crippen LogP contribution in [0.1, 0.15) is 10.4 Å². The lowest BCUT2D eigenvalue weighted by Gasteiger charge is -2.09. The third kappa shape index (κ3) is 4.20. The summed E-state index contributed by atoms with van der Waals surface area (Å²) >= 11 is 0. The first kappa shape index (κ1) is 21.8. The summed E-state index contributed by atoms with van der Waals surface area (Å²) in [7, 11) is 1.25. The number of ether oxygens (including phenoxy) is 2. The average molecular weight is 469 g/mol. The minimum absolute atomic E-state index is 0.127. The molecule has 2 heterocycles. The van der Waals surface area contributed by atoms with Crippen LogP contribution in [0.5, 0.6) is 11.6 Å². The molecule has 2 aromatic heterocycles. The minimum Gasteiger partial charge on any atom is -0.465 e. The van der Waals surface area contributed by atoms with Crippen molar-refractivity contribution in [2.24, 2.45) is 0 Å². The Morgan fingerprint density at radius 1 is 0.943 bits per heavy atom. The van der Waals surface area contributed by atoms with Gasteiger partial charge in [0.25, 0.3) is 5.88 Å². The van der Waals surface area contributed by atoms with Gasteiger partial charge in [-0.15, -0.1) is 5.10 Å². The number of methoxy groups -OCH3 is 1. The Morgan fingerprint density at radius 3 is 2.46 bits per heavy atom. The molecule has 1 amide bonds. The maximum Gasteiger partial charge on any atom is 0.351 e. The fraction of sp³-hybridized carbons (Fsp3) is 0.0800. The van der Waals surface area contributed by atoms with Crippen molar-refractivity contribution in [1.29, 1.82) is 0 Å². The predicted octanol–water partition coefficient (Wildman–Crippen LogP) is 3.26. The number of carbonyl (C=O) groups excluding carboxylic acids is 2. The van der Waals surface area contributed by atoms with Gasteiger partial charge in [-0.2, -0.15) is 0 Å². The maximum atomic E-state index is 13.3. The van der Waals surface area contributed by atoms with Gasteiger partial charge in [0.15, 0.2) is 0 Å². The van der Waals surface area contributed by atoms with Gasteiger partial charge in [-0.1, -0.05) is 42.5 Å². The fourth-order valence-corrected chi connectivity index (χ4v) is 3.65. The molecule has 0 saturated heterocycles. The van der Waals surface area contributed by atoms with E-state index >= 15 is 0 Å². The summed E-state index contributed by atoms with van der Waals surface area (Å²) in [5.41, 5.74) is 1.15. The summed E-state index contributed by atoms with van der Waals surface area (Å²) in [4.78, 5) is 42.6. The summed E-state index contributed by atoms with van der Waals surface area (Å²) in [5.74, 6) is -0.487. The number of rotatable bonds is 6. The SMILES string of the molecule is COC(=O)c1ccccc1NC(=O)Cn1nc2c(Oc3ccccc3)nc3ccccc3n2c1=O. The van der Waals surface area contributed by atoms with E-state index in [4.69, 9.17) is 9.47 Å². The molecular weight excluding hydrogens is 450 g/mol. The molecule has 0 radical (unpaired) electrons. The number of anilines is 1. The first-order valence-electron chi connectivity index (χ1n) is 10.6. The molecule has 5 rings (SSSR count). The Hall–Kier alpha value is -4.99. The maximum absolute atomic E-state index is 13.3. The number of benzene rings is 3. The number of hydrogen-bond donors (Lipinski definition) is 1. The largest absolute Gasteiger partial charge is 0.465 e. The molecule has 0 aliphatic carbocycles. The smallest absolute Gasteiger partial charge is 0.351 e. The summed E-state index contributed by atoms with van der Waals surface area (Å²) in [6, 6.07) is 22.5. The highest BCUT2D eigenvalue weighted by Gasteiger charge is 2.20. The van der Waals surface area contributed by atoms with Crippen LogP contribution >= 0.6 is 0 Å². The first-order chi connectivity index (χ1) is 17.0. The van der Waals surface area contributed by atoms with Crippen LogP contribution in [0.4, 0.5) is 5.69 Å². The molecule has 5 aromatic rings. The lowest BCUT2D eigenvalue weighted by molar-refractivity contribution is -0.117. The van der Waals surface area contributed by atoms with E-state index in [-0.39, 0.29) is 22.8 Å². The normalized spacial score (nSPS) is 10.9. The summed E-state index contributed by atoms with van der Waals surface area (Å²) in [6.45, 7) is -0.394. The number of nitrogens with zero attached hydrogens (tertiary/aromatic N) is 4. The Balaban J connectivity index is 1.53. The summed E-state index contributed by atoms with van der Waals surface area (Å²) in [5, 5.41) is 6.98. The van der Waals surface area contributed by atoms with Gasteiger partial charge >= 0.3 is 11.7 Å². The van der Waals surface area contributed by atoms with Crippen LogP contribution in [0.25, 0.3) is 16.7 Å². The highest BCUT2D eigenvalue weighted by Crippen LogP contribution is 2.25. The second-order valence-corrected chi connectivity index (χ2v) is 7.51. The van der Waals surface area contributed by atoms with Crippen molar-refractivity contribution in [3.05, 3.63) is 94.9 Å². The Morgan fingerprint density at radius 2 is 1.66 bits per heavy atom. The average Bonchev–Trinajstić information content (AvgIpc) is 3.21. The lowest BCUT2D eigenvalue weighted by Crippen LogP contribution is -2.28. The predicted molar refractivity (Wildman–Crippen MR) is 128 cm³/mol. The zero-order valence-corrected chi connectivity index (χ0v) is 18.5. The molecule has 0 saturated carbocycles. The number of fused-ring (bicyclic) bond motifs is 3. The number of amides is 1. The van der Waals surface area contributed by atoms with Gasteiger partial charge in [0, 0.05) is 0 Å². The van der Waals surface area contributed by atoms with Crippen molar-refractivity contribution in [3.63, 3.8) is 0 Å². The van der Waals surface area contributed by atoms with Crippen molar-refractivity contribution in [2.75, 3.05) is 12.4 Å². The van der Waals surface area contributed by atoms with Crippen LogP contribution in [0, 0.1) is 0 Å². The quantitative estimate of drug-likeness (QED) is 0.379. The Labute approximate surface area is 198 Å². The van der Waals surface area contributed by atoms with Gasteiger partial charge < -0.3 is 14.8 Å². The molecule has 0 aliphatic heterocycles. The van der Waals surface area contributed by atoms with Crippen molar-refractivity contribution < 1.29 is 19.1 Å². The zero-order chi connectivity index (χ0) is 24.4. The number of esters is 1. The molecule has 10 nitrogen and oxygen atoms in total. The Kier molecular flexibility index (Phi) is 5.68. The van der Waals surface area contributed by atoms with E-state index in [0.717, 1.165) is 4.68 Å². The zero-order valence-electron chi connectivity index (χ0n) is 18.5. The lowest BCUT2D eigenvalue weighted by atomic mass is 10.2. The van der Waals surface area contributed by atoms with E-state index < -0.39 is 24.1 Å². The molecule has 35 heavy (non-hydrogen) atoms. The monoisotopic (exact) mass is 469 g/mol. The van der Waals surface area contributed by atoms with Gasteiger partial charge in [0.2, 0.25) is 11.6 Å². The van der Waals surface area contributed by atoms with E-state index in [1.54, 1.807) is 54.6 Å². The van der Waals surface area contributed by atoms with E-state index in [9.17, 15) is 14.4 Å². The Bertz CT molecular complexity index is 1620. The number of nitrogens with one attached hydrogen (secondary N) is 1. The molecule has 3 aromatic carbocycles. The van der Waals surface area contributed by atoms with Gasteiger partial charge in [0.1, 0.15) is 12.3 Å². The standard InChI is InChI=1S/C25H19N5O5/c1-34-24(32)17-11-5-6-12-18(17)26-21(31)15-29-25(33)30-20-14-8-7-13-19(20)27-23(22(30)28-29)35-16-9-3-2-4-10-16/h2-14H,15H2,1H3,(H,26,31). The molecule has 0 unspecified atom stereocenters. The fourth-order valence-electron chi connectivity index (χ4n) is 3.65. The molecular formula is C25H19N5O5. The van der Waals surface area contributed by atoms with Gasteiger partial charge in [0.05, 0.1) is 29.4 Å². The molecule has 1 N–H and O–H groups in total. The van der Waals surface area contributed by atoms with Crippen molar-refractivity contribution in [2.45, 2.75) is 6.54 Å². The highest BCUT2D eigenvalue weighted by atomic mass is 16.5. The van der Waals surface area contributed by atoms with Gasteiger partial charge in [-0.25, -0.2) is 23.7 Å². The van der Waals surface area contributed by atoms with E-state index in [0.29, 0.717) is 16.8 Å². The van der Waals surface area contributed by atoms with E-state index in [1.165, 1.54) is 17.6 Å². The van der Waals surface area contributed by atoms with E-state index in [2.05, 4.69) is 15.4 Å². The van der Waals surface area contributed by atoms with Crippen LogP contribution in [0.15, 0.2) is 83.7 Å². The third-order valence-electron chi connectivity index (χ3n) is 5.23. The third-order valence-corrected chi connectivity index (χ3v) is 5.23. The van der Waals surface area contributed by atoms with Crippen LogP contribution in [0.3, 0.4) is 0 Å². The molecule has 174 valence electrons. The molecule has 10 heteroatoms. The van der Waals surface area contributed by atoms with Crippen molar-refractivity contribution in [1.82, 2.24) is 19.2 Å². The highest BCUT2D eigenvalue weighted by molar-refractivity contribution is 6.01. The number of carbonyl (C=O) groups is 2. The van der Waals surface area contributed by atoms with Crippen LogP contribution < -0.4 is 15.7 Å². The molecule has 0 atom stereocenters. The van der Waals surface area contributed by atoms with Gasteiger partial charge in [-0.05, 0) is 36.4 Å². The topological polar surface area (TPSA) is 117 Å². The van der Waals surface area contributed by atoms with Crippen LogP contribution in [-0.4, -0.2) is 38.2 Å². The second-order valence-electron chi connectivity index (χ2n) is 7.51. The molecule has 0 fully saturated rings. The minimum atomic E-state index is -0.592. The molecule has 0 aliphatic rings. The summed E-state index contributed by atoms with van der Waals surface area (Å²) < 4.78 is 13.1. The molecule has 0 bridgehead atoms. The first-order valence-corrected chi connectivity index (χ1v) is 10.6. The number of hydrogen-bond acceptors (Lipinski definition) is 7. The van der Waals surface area contributed by atoms with Crippen molar-refractivity contribution in [3.8, 4) is 11.6 Å². The number of aromatic nitrogens is 4. The number of para-hydroxylation sites is 4. The van der Waals surface area contributed by atoms with Gasteiger partial charge in [-0.3, -0.25) is 4.79 Å². The van der Waals surface area contributed by atoms with Crippen LogP contribution in [0.2, 0.25) is 0 Å². The second kappa shape index (κ2) is 9.10. The van der Waals surface area contributed by atoms with Crippen molar-refractivity contribution >= 4 is 34.2 Å². The summed E-state index contributed by atoms with van der Waals surface area (Å²) in [6.07, 6.45) is 0.